The summed E-state index contributed by atoms with van der Waals surface area (Å²) >= 11 is 0. The Morgan fingerprint density at radius 1 is 1.40 bits per heavy atom. The molecule has 0 aromatic rings. The number of ether oxygens (including phenoxy) is 1. The van der Waals surface area contributed by atoms with Gasteiger partial charge in [0, 0.05) is 0 Å². The summed E-state index contributed by atoms with van der Waals surface area (Å²) < 4.78 is 4.75. The van der Waals surface area contributed by atoms with Gasteiger partial charge in [0.2, 0.25) is 0 Å². The molecule has 3 unspecified atom stereocenters. The molecule has 0 aliphatic rings. The summed E-state index contributed by atoms with van der Waals surface area (Å²) in [5.41, 5.74) is 0. The molecule has 0 bridgehead atoms. The third kappa shape index (κ3) is 5.01. The lowest BCUT2D eigenvalue weighted by molar-refractivity contribution is -0.144. The van der Waals surface area contributed by atoms with Crippen LogP contribution in [0, 0.1) is 0 Å². The standard InChI is InChI=1S/C9H16O6/c1-2-3-15-5-7(12)9(14)8(13)6(11)4-10/h2,6,8-11,13-14H,1,3-5H2. The molecule has 88 valence electrons. The maximum atomic E-state index is 11.1. The molecule has 0 aromatic heterocycles. The van der Waals surface area contributed by atoms with E-state index >= 15 is 0 Å². The van der Waals surface area contributed by atoms with Gasteiger partial charge in [0.1, 0.15) is 24.9 Å². The number of Topliss-reactive ketones (excluding diaryl/α,β-unsaturated/α-hetero) is 1. The highest BCUT2D eigenvalue weighted by Gasteiger charge is 2.29. The topological polar surface area (TPSA) is 107 Å². The van der Waals surface area contributed by atoms with Crippen molar-refractivity contribution in [2.45, 2.75) is 18.3 Å². The van der Waals surface area contributed by atoms with Gasteiger partial charge >= 0.3 is 0 Å². The van der Waals surface area contributed by atoms with Crippen LogP contribution >= 0.6 is 0 Å². The van der Waals surface area contributed by atoms with Crippen LogP contribution in [0.1, 0.15) is 0 Å². The van der Waals surface area contributed by atoms with Crippen molar-refractivity contribution in [3.05, 3.63) is 12.7 Å². The average Bonchev–Trinajstić information content (AvgIpc) is 2.26. The largest absolute Gasteiger partial charge is 0.394 e. The second-order valence-electron chi connectivity index (χ2n) is 2.96. The Morgan fingerprint density at radius 3 is 2.47 bits per heavy atom. The van der Waals surface area contributed by atoms with Crippen LogP contribution in [-0.4, -0.2) is 64.3 Å². The van der Waals surface area contributed by atoms with Crippen molar-refractivity contribution < 1.29 is 30.0 Å². The Labute approximate surface area is 87.4 Å². The van der Waals surface area contributed by atoms with Crippen molar-refractivity contribution in [1.29, 1.82) is 0 Å². The minimum Gasteiger partial charge on any atom is -0.394 e. The predicted molar refractivity (Wildman–Crippen MR) is 51.1 cm³/mol. The molecule has 6 heteroatoms. The average molecular weight is 220 g/mol. The Balaban J connectivity index is 4.01. The van der Waals surface area contributed by atoms with Gasteiger partial charge in [-0.05, 0) is 0 Å². The van der Waals surface area contributed by atoms with E-state index in [1.54, 1.807) is 0 Å². The smallest absolute Gasteiger partial charge is 0.189 e. The molecule has 0 fully saturated rings. The molecular weight excluding hydrogens is 204 g/mol. The van der Waals surface area contributed by atoms with Crippen molar-refractivity contribution in [3.63, 3.8) is 0 Å². The molecule has 0 aromatic carbocycles. The van der Waals surface area contributed by atoms with Crippen molar-refractivity contribution in [2.24, 2.45) is 0 Å². The van der Waals surface area contributed by atoms with E-state index in [0.717, 1.165) is 0 Å². The number of aliphatic hydroxyl groups excluding tert-OH is 4. The Kier molecular flexibility index (Phi) is 7.10. The van der Waals surface area contributed by atoms with Gasteiger partial charge in [0.25, 0.3) is 0 Å². The van der Waals surface area contributed by atoms with Gasteiger partial charge in [0.15, 0.2) is 5.78 Å². The zero-order valence-corrected chi connectivity index (χ0v) is 8.24. The zero-order chi connectivity index (χ0) is 11.8. The van der Waals surface area contributed by atoms with Crippen LogP contribution in [0.15, 0.2) is 12.7 Å². The molecule has 0 radical (unpaired) electrons. The van der Waals surface area contributed by atoms with Crippen LogP contribution in [0.2, 0.25) is 0 Å². The molecular formula is C9H16O6. The van der Waals surface area contributed by atoms with Crippen molar-refractivity contribution >= 4 is 5.78 Å². The lowest BCUT2D eigenvalue weighted by atomic mass is 10.1. The number of rotatable bonds is 8. The first-order valence-corrected chi connectivity index (χ1v) is 4.41. The Morgan fingerprint density at radius 2 is 2.00 bits per heavy atom. The summed E-state index contributed by atoms with van der Waals surface area (Å²) in [6, 6.07) is 0. The maximum absolute atomic E-state index is 11.1. The molecule has 15 heavy (non-hydrogen) atoms. The predicted octanol–water partition coefficient (Wildman–Crippen LogP) is -2.17. The highest BCUT2D eigenvalue weighted by Crippen LogP contribution is 2.01. The van der Waals surface area contributed by atoms with Crippen LogP contribution in [-0.2, 0) is 9.53 Å². The second-order valence-corrected chi connectivity index (χ2v) is 2.96. The fraction of sp³-hybridized carbons (Fsp3) is 0.667. The van der Waals surface area contributed by atoms with Gasteiger partial charge in [-0.1, -0.05) is 6.08 Å². The first kappa shape index (κ1) is 14.2. The number of hydrogen-bond donors (Lipinski definition) is 4. The first-order chi connectivity index (χ1) is 7.04. The molecule has 0 amide bonds. The summed E-state index contributed by atoms with van der Waals surface area (Å²) in [7, 11) is 0. The number of ketones is 1. The van der Waals surface area contributed by atoms with Crippen LogP contribution in [0.4, 0.5) is 0 Å². The molecule has 0 aliphatic heterocycles. The molecule has 3 atom stereocenters. The van der Waals surface area contributed by atoms with E-state index in [9.17, 15) is 9.90 Å². The summed E-state index contributed by atoms with van der Waals surface area (Å²) in [5, 5.41) is 35.8. The van der Waals surface area contributed by atoms with Crippen LogP contribution in [0.3, 0.4) is 0 Å². The first-order valence-electron chi connectivity index (χ1n) is 4.41. The number of hydrogen-bond acceptors (Lipinski definition) is 6. The minimum absolute atomic E-state index is 0.150. The molecule has 0 heterocycles. The lowest BCUT2D eigenvalue weighted by Crippen LogP contribution is -2.45. The quantitative estimate of drug-likeness (QED) is 0.274. The normalized spacial score (nSPS) is 16.8. The summed E-state index contributed by atoms with van der Waals surface area (Å²) in [6.07, 6.45) is -3.60. The van der Waals surface area contributed by atoms with E-state index in [4.69, 9.17) is 20.1 Å². The third-order valence-electron chi connectivity index (χ3n) is 1.71. The fourth-order valence-corrected chi connectivity index (χ4v) is 0.837. The molecule has 0 aliphatic carbocycles. The fourth-order valence-electron chi connectivity index (χ4n) is 0.837. The van der Waals surface area contributed by atoms with Gasteiger partial charge in [0.05, 0.1) is 13.2 Å². The minimum atomic E-state index is -1.77. The molecule has 0 saturated carbocycles. The second kappa shape index (κ2) is 7.49. The maximum Gasteiger partial charge on any atom is 0.189 e. The molecule has 6 nitrogen and oxygen atoms in total. The Hall–Kier alpha value is -0.790. The van der Waals surface area contributed by atoms with Crippen LogP contribution in [0.5, 0.6) is 0 Å². The monoisotopic (exact) mass is 220 g/mol. The van der Waals surface area contributed by atoms with E-state index in [1.165, 1.54) is 6.08 Å². The van der Waals surface area contributed by atoms with Gasteiger partial charge < -0.3 is 25.2 Å². The highest BCUT2D eigenvalue weighted by atomic mass is 16.5. The van der Waals surface area contributed by atoms with Crippen LogP contribution in [0.25, 0.3) is 0 Å². The van der Waals surface area contributed by atoms with Crippen molar-refractivity contribution in [2.75, 3.05) is 19.8 Å². The van der Waals surface area contributed by atoms with Crippen molar-refractivity contribution in [1.82, 2.24) is 0 Å². The van der Waals surface area contributed by atoms with E-state index < -0.39 is 30.7 Å². The van der Waals surface area contributed by atoms with E-state index in [2.05, 4.69) is 6.58 Å². The number of carbonyl (C=O) groups is 1. The Bertz CT molecular complexity index is 205. The van der Waals surface area contributed by atoms with Crippen LogP contribution < -0.4 is 0 Å². The molecule has 0 spiro atoms. The van der Waals surface area contributed by atoms with E-state index in [-0.39, 0.29) is 13.2 Å². The van der Waals surface area contributed by atoms with Gasteiger partial charge in [-0.25, -0.2) is 0 Å². The SMILES string of the molecule is C=CCOCC(=O)C(O)C(O)C(O)CO. The van der Waals surface area contributed by atoms with Crippen molar-refractivity contribution in [3.8, 4) is 0 Å². The van der Waals surface area contributed by atoms with Gasteiger partial charge in [-0.2, -0.15) is 0 Å². The number of carbonyl (C=O) groups excluding carboxylic acids is 1. The van der Waals surface area contributed by atoms with Gasteiger partial charge in [-0.3, -0.25) is 4.79 Å². The summed E-state index contributed by atoms with van der Waals surface area (Å²) in [6.45, 7) is 2.38. The highest BCUT2D eigenvalue weighted by molar-refractivity contribution is 5.84. The summed E-state index contributed by atoms with van der Waals surface area (Å²) in [4.78, 5) is 11.1. The molecule has 0 rings (SSSR count). The molecule has 0 saturated heterocycles. The third-order valence-corrected chi connectivity index (χ3v) is 1.71. The van der Waals surface area contributed by atoms with E-state index in [0.29, 0.717) is 0 Å². The lowest BCUT2D eigenvalue weighted by Gasteiger charge is -2.20. The van der Waals surface area contributed by atoms with Gasteiger partial charge in [-0.15, -0.1) is 6.58 Å². The molecule has 4 N–H and O–H groups in total. The zero-order valence-electron chi connectivity index (χ0n) is 8.24. The van der Waals surface area contributed by atoms with E-state index in [1.807, 2.05) is 0 Å². The summed E-state index contributed by atoms with van der Waals surface area (Å²) in [5.74, 6) is -0.767. The number of aliphatic hydroxyl groups is 4.